The molecule has 0 saturated heterocycles. The van der Waals surface area contributed by atoms with Crippen LogP contribution in [0.2, 0.25) is 0 Å². The summed E-state index contributed by atoms with van der Waals surface area (Å²) >= 11 is 1.83. The minimum atomic E-state index is 0.0804. The van der Waals surface area contributed by atoms with Crippen LogP contribution in [0, 0.1) is 5.92 Å². The Morgan fingerprint density at radius 1 is 1.47 bits per heavy atom. The average Bonchev–Trinajstić information content (AvgIpc) is 2.96. The van der Waals surface area contributed by atoms with E-state index in [1.165, 1.54) is 30.6 Å². The Kier molecular flexibility index (Phi) is 3.87. The third-order valence-electron chi connectivity index (χ3n) is 3.73. The number of hydrogen-bond donors (Lipinski definition) is 1. The largest absolute Gasteiger partial charge is 0.355 e. The van der Waals surface area contributed by atoms with Crippen LogP contribution in [0.5, 0.6) is 0 Å². The van der Waals surface area contributed by atoms with Crippen molar-refractivity contribution < 1.29 is 4.79 Å². The summed E-state index contributed by atoms with van der Waals surface area (Å²) in [4.78, 5) is 13.1. The fourth-order valence-corrected chi connectivity index (χ4v) is 3.59. The molecule has 1 aliphatic rings. The number of thiophene rings is 1. The van der Waals surface area contributed by atoms with Gasteiger partial charge in [-0.1, -0.05) is 32.8 Å². The van der Waals surface area contributed by atoms with Crippen LogP contribution in [0.25, 0.3) is 0 Å². The highest BCUT2D eigenvalue weighted by Crippen LogP contribution is 2.42. The molecule has 0 aromatic carbocycles. The third-order valence-corrected chi connectivity index (χ3v) is 4.85. The molecule has 2 nitrogen and oxygen atoms in total. The smallest absolute Gasteiger partial charge is 0.222 e. The first-order valence-corrected chi connectivity index (χ1v) is 7.34. The highest BCUT2D eigenvalue weighted by molar-refractivity contribution is 7.10. The van der Waals surface area contributed by atoms with Gasteiger partial charge in [-0.15, -0.1) is 11.3 Å². The Balaban J connectivity index is 2.06. The molecule has 0 radical (unpaired) electrons. The molecule has 2 rings (SSSR count). The second-order valence-electron chi connectivity index (χ2n) is 5.34. The van der Waals surface area contributed by atoms with Crippen LogP contribution in [0.4, 0.5) is 0 Å². The van der Waals surface area contributed by atoms with Crippen molar-refractivity contribution in [3.05, 3.63) is 22.4 Å². The number of hydrogen-bond acceptors (Lipinski definition) is 2. The molecule has 0 bridgehead atoms. The highest BCUT2D eigenvalue weighted by atomic mass is 32.1. The van der Waals surface area contributed by atoms with Crippen molar-refractivity contribution in [1.29, 1.82) is 0 Å². The van der Waals surface area contributed by atoms with E-state index < -0.39 is 0 Å². The lowest BCUT2D eigenvalue weighted by Crippen LogP contribution is -2.40. The minimum Gasteiger partial charge on any atom is -0.355 e. The summed E-state index contributed by atoms with van der Waals surface area (Å²) in [7, 11) is 0. The summed E-state index contributed by atoms with van der Waals surface area (Å²) in [5.74, 6) is 0.254. The summed E-state index contributed by atoms with van der Waals surface area (Å²) in [6.07, 6.45) is 5.00. The van der Waals surface area contributed by atoms with E-state index >= 15 is 0 Å². The molecule has 1 aliphatic carbocycles. The van der Waals surface area contributed by atoms with Gasteiger partial charge < -0.3 is 5.32 Å². The summed E-state index contributed by atoms with van der Waals surface area (Å²) in [6, 6.07) is 4.34. The van der Waals surface area contributed by atoms with Gasteiger partial charge in [-0.05, 0) is 24.3 Å². The van der Waals surface area contributed by atoms with Crippen LogP contribution < -0.4 is 5.32 Å². The quantitative estimate of drug-likeness (QED) is 0.873. The first-order valence-electron chi connectivity index (χ1n) is 6.46. The van der Waals surface area contributed by atoms with Crippen LogP contribution in [-0.2, 0) is 10.2 Å². The zero-order chi connectivity index (χ0) is 12.3. The SMILES string of the molecule is CC(C)C(=O)NCC1(c2cccs2)CCCC1. The van der Waals surface area contributed by atoms with E-state index in [1.807, 2.05) is 25.2 Å². The highest BCUT2D eigenvalue weighted by Gasteiger charge is 2.36. The summed E-state index contributed by atoms with van der Waals surface area (Å²) in [6.45, 7) is 4.70. The topological polar surface area (TPSA) is 29.1 Å². The molecular formula is C14H21NOS. The molecule has 1 aromatic heterocycles. The van der Waals surface area contributed by atoms with Gasteiger partial charge in [-0.3, -0.25) is 4.79 Å². The van der Waals surface area contributed by atoms with Crippen molar-refractivity contribution in [2.45, 2.75) is 44.9 Å². The minimum absolute atomic E-state index is 0.0804. The van der Waals surface area contributed by atoms with Crippen LogP contribution in [0.1, 0.15) is 44.4 Å². The van der Waals surface area contributed by atoms with Gasteiger partial charge in [0.05, 0.1) is 0 Å². The van der Waals surface area contributed by atoms with Crippen molar-refractivity contribution in [2.24, 2.45) is 5.92 Å². The van der Waals surface area contributed by atoms with E-state index in [9.17, 15) is 4.79 Å². The molecule has 0 atom stereocenters. The number of amides is 1. The van der Waals surface area contributed by atoms with Gasteiger partial charge >= 0.3 is 0 Å². The predicted octanol–water partition coefficient (Wildman–Crippen LogP) is 3.33. The number of rotatable bonds is 4. The molecule has 17 heavy (non-hydrogen) atoms. The molecule has 1 saturated carbocycles. The van der Waals surface area contributed by atoms with Crippen molar-refractivity contribution in [1.82, 2.24) is 5.32 Å². The molecule has 0 spiro atoms. The van der Waals surface area contributed by atoms with Crippen molar-refractivity contribution in [2.75, 3.05) is 6.54 Å². The summed E-state index contributed by atoms with van der Waals surface area (Å²) in [5, 5.41) is 5.26. The average molecular weight is 251 g/mol. The number of nitrogens with one attached hydrogen (secondary N) is 1. The molecular weight excluding hydrogens is 230 g/mol. The maximum absolute atomic E-state index is 11.7. The second kappa shape index (κ2) is 5.21. The molecule has 1 aromatic rings. The molecule has 1 N–H and O–H groups in total. The van der Waals surface area contributed by atoms with Crippen LogP contribution in [0.3, 0.4) is 0 Å². The Hall–Kier alpha value is -0.830. The summed E-state index contributed by atoms with van der Waals surface area (Å²) < 4.78 is 0. The van der Waals surface area contributed by atoms with Crippen molar-refractivity contribution in [3.63, 3.8) is 0 Å². The van der Waals surface area contributed by atoms with Crippen molar-refractivity contribution >= 4 is 17.2 Å². The normalized spacial score (nSPS) is 18.5. The van der Waals surface area contributed by atoms with Gasteiger partial charge in [-0.2, -0.15) is 0 Å². The molecule has 1 fully saturated rings. The van der Waals surface area contributed by atoms with E-state index in [0.717, 1.165) is 6.54 Å². The fourth-order valence-electron chi connectivity index (χ4n) is 2.60. The zero-order valence-electron chi connectivity index (χ0n) is 10.7. The predicted molar refractivity (Wildman–Crippen MR) is 72.3 cm³/mol. The van der Waals surface area contributed by atoms with E-state index in [4.69, 9.17) is 0 Å². The Bertz CT molecular complexity index is 364. The second-order valence-corrected chi connectivity index (χ2v) is 6.28. The van der Waals surface area contributed by atoms with E-state index in [-0.39, 0.29) is 17.2 Å². The molecule has 1 amide bonds. The Morgan fingerprint density at radius 2 is 2.18 bits per heavy atom. The standard InChI is InChI=1S/C14H21NOS/c1-11(2)13(16)15-10-14(7-3-4-8-14)12-6-5-9-17-12/h5-6,9,11H,3-4,7-8,10H2,1-2H3,(H,15,16). The van der Waals surface area contributed by atoms with Gasteiger partial charge in [0, 0.05) is 22.8 Å². The Morgan fingerprint density at radius 3 is 2.71 bits per heavy atom. The first kappa shape index (κ1) is 12.6. The molecule has 0 aliphatic heterocycles. The lowest BCUT2D eigenvalue weighted by molar-refractivity contribution is -0.124. The lowest BCUT2D eigenvalue weighted by atomic mass is 9.84. The van der Waals surface area contributed by atoms with Crippen LogP contribution in [-0.4, -0.2) is 12.5 Å². The lowest BCUT2D eigenvalue weighted by Gasteiger charge is -2.28. The number of carbonyl (C=O) groups excluding carboxylic acids is 1. The molecule has 94 valence electrons. The fraction of sp³-hybridized carbons (Fsp3) is 0.643. The van der Waals surface area contributed by atoms with E-state index in [2.05, 4.69) is 22.8 Å². The molecule has 3 heteroatoms. The molecule has 0 unspecified atom stereocenters. The van der Waals surface area contributed by atoms with E-state index in [0.29, 0.717) is 0 Å². The maximum atomic E-state index is 11.7. The Labute approximate surface area is 107 Å². The van der Waals surface area contributed by atoms with Crippen LogP contribution >= 0.6 is 11.3 Å². The number of carbonyl (C=O) groups is 1. The summed E-state index contributed by atoms with van der Waals surface area (Å²) in [5.41, 5.74) is 0.221. The first-order chi connectivity index (χ1) is 8.14. The van der Waals surface area contributed by atoms with Crippen LogP contribution in [0.15, 0.2) is 17.5 Å². The van der Waals surface area contributed by atoms with Gasteiger partial charge in [0.2, 0.25) is 5.91 Å². The van der Waals surface area contributed by atoms with Crippen molar-refractivity contribution in [3.8, 4) is 0 Å². The zero-order valence-corrected chi connectivity index (χ0v) is 11.5. The molecule has 1 heterocycles. The van der Waals surface area contributed by atoms with Gasteiger partial charge in [0.1, 0.15) is 0 Å². The van der Waals surface area contributed by atoms with Gasteiger partial charge in [0.25, 0.3) is 0 Å². The monoisotopic (exact) mass is 251 g/mol. The maximum Gasteiger partial charge on any atom is 0.222 e. The van der Waals surface area contributed by atoms with E-state index in [1.54, 1.807) is 0 Å². The van der Waals surface area contributed by atoms with Gasteiger partial charge in [-0.25, -0.2) is 0 Å². The van der Waals surface area contributed by atoms with Gasteiger partial charge in [0.15, 0.2) is 0 Å². The third kappa shape index (κ3) is 2.71.